The van der Waals surface area contributed by atoms with Crippen LogP contribution in [0.1, 0.15) is 71.9 Å². The van der Waals surface area contributed by atoms with Crippen molar-refractivity contribution >= 4 is 39.6 Å². The van der Waals surface area contributed by atoms with Crippen molar-refractivity contribution in [2.45, 2.75) is 94.3 Å². The Bertz CT molecular complexity index is 2460. The molecule has 1 radical (unpaired) electrons. The topological polar surface area (TPSA) is 38.9 Å². The van der Waals surface area contributed by atoms with E-state index in [4.69, 9.17) is 14.4 Å². The molecule has 0 fully saturated rings. The third-order valence-corrected chi connectivity index (χ3v) is 16.1. The Hall–Kier alpha value is -3.83. The van der Waals surface area contributed by atoms with E-state index in [1.807, 2.05) is 6.20 Å². The van der Waals surface area contributed by atoms with E-state index in [1.165, 1.54) is 123 Å². The van der Waals surface area contributed by atoms with E-state index in [-0.39, 0.29) is 20.1 Å². The maximum atomic E-state index is 6.56. The molecule has 5 heteroatoms. The average molecular weight is 946 g/mol. The molecule has 54 heavy (non-hydrogen) atoms. The van der Waals surface area contributed by atoms with Crippen LogP contribution in [-0.2, 0) is 58.6 Å². The third-order valence-electron chi connectivity index (χ3n) is 11.9. The molecule has 4 aromatic carbocycles. The van der Waals surface area contributed by atoms with Gasteiger partial charge in [-0.2, -0.15) is 0 Å². The number of rotatable bonds is 4. The Labute approximate surface area is 336 Å². The van der Waals surface area contributed by atoms with Gasteiger partial charge < -0.3 is 9.40 Å². The van der Waals surface area contributed by atoms with Gasteiger partial charge in [0, 0.05) is 31.7 Å². The summed E-state index contributed by atoms with van der Waals surface area (Å²) in [6.45, 7) is 0. The molecule has 0 aliphatic heterocycles. The minimum absolute atomic E-state index is 0. The van der Waals surface area contributed by atoms with Crippen LogP contribution in [0.4, 0.5) is 0 Å². The summed E-state index contributed by atoms with van der Waals surface area (Å²) in [7, 11) is 0. The van der Waals surface area contributed by atoms with Crippen LogP contribution in [0.2, 0.25) is 17.3 Å². The van der Waals surface area contributed by atoms with Gasteiger partial charge in [0.05, 0.1) is 5.58 Å². The van der Waals surface area contributed by atoms with Gasteiger partial charge in [0.2, 0.25) is 0 Å². The van der Waals surface area contributed by atoms with E-state index >= 15 is 0 Å². The smallest absolute Gasteiger partial charge is 0.120 e. The number of aromatic nitrogens is 2. The summed E-state index contributed by atoms with van der Waals surface area (Å²) < 4.78 is 8.03. The van der Waals surface area contributed by atoms with Crippen LogP contribution in [0.15, 0.2) is 95.7 Å². The number of benzene rings is 4. The maximum absolute atomic E-state index is 6.56. The Morgan fingerprint density at radius 1 is 0.611 bits per heavy atom. The largest absolute Gasteiger partial charge is 0.501 e. The first-order valence-electron chi connectivity index (χ1n) is 19.9. The molecule has 275 valence electrons. The first-order valence-corrected chi connectivity index (χ1v) is 27.2. The predicted octanol–water partition coefficient (Wildman–Crippen LogP) is 11.8. The minimum atomic E-state index is -1.75. The van der Waals surface area contributed by atoms with Gasteiger partial charge in [0.15, 0.2) is 0 Å². The fourth-order valence-electron chi connectivity index (χ4n) is 9.00. The number of nitrogens with zero attached hydrogens (tertiary/aromatic N) is 2. The van der Waals surface area contributed by atoms with Gasteiger partial charge >= 0.3 is 125 Å². The van der Waals surface area contributed by atoms with Crippen molar-refractivity contribution in [3.63, 3.8) is 0 Å². The second-order valence-corrected chi connectivity index (χ2v) is 26.9. The van der Waals surface area contributed by atoms with E-state index in [0.29, 0.717) is 0 Å². The SMILES string of the molecule is [CH3][Ge]([CH3])([CH3])[c]1ccc(-c2[c-]ccc3c2CCCC3)nc1.[Ir].[c-]1cc(-c2cccc3c2CCCC3)c2c(oc3ccccc32)c1-c1nccc2c1CCCC2. The summed E-state index contributed by atoms with van der Waals surface area (Å²) in [5.41, 5.74) is 17.6. The fraction of sp³-hybridized carbons (Fsp3) is 0.306. The Balaban J connectivity index is 0.000000170. The predicted molar refractivity (Wildman–Crippen MR) is 223 cm³/mol. The molecule has 0 saturated heterocycles. The molecule has 3 aliphatic carbocycles. The van der Waals surface area contributed by atoms with Crippen molar-refractivity contribution in [1.82, 2.24) is 9.97 Å². The van der Waals surface area contributed by atoms with Crippen LogP contribution in [0.3, 0.4) is 0 Å². The zero-order valence-corrected chi connectivity index (χ0v) is 36.3. The van der Waals surface area contributed by atoms with Gasteiger partial charge in [0.25, 0.3) is 0 Å². The molecule has 0 bridgehead atoms. The quantitative estimate of drug-likeness (QED) is 0.130. The number of hydrogen-bond donors (Lipinski definition) is 0. The number of para-hydroxylation sites is 1. The zero-order chi connectivity index (χ0) is 35.9. The number of fused-ring (bicyclic) bond motifs is 6. The van der Waals surface area contributed by atoms with Gasteiger partial charge in [-0.1, -0.05) is 64.2 Å². The van der Waals surface area contributed by atoms with Crippen molar-refractivity contribution in [2.24, 2.45) is 0 Å². The Kier molecular flexibility index (Phi) is 10.8. The molecule has 3 nitrogen and oxygen atoms in total. The second kappa shape index (κ2) is 15.7. The number of aryl methyl sites for hydroxylation is 3. The van der Waals surface area contributed by atoms with Crippen molar-refractivity contribution in [3.8, 4) is 33.6 Å². The minimum Gasteiger partial charge on any atom is -0.501 e. The van der Waals surface area contributed by atoms with Crippen LogP contribution < -0.4 is 4.40 Å². The standard InChI is InChI=1S/C31H26NO.C18H22GeN.Ir/c1-3-11-22-20(8-1)10-7-14-24(22)25-16-17-27(30-23-12-4-2-9-21(23)18-19-32-30)31-29(25)26-13-5-6-15-28(26)33-31;1-19(2,3)15-11-12-18(20-13-15)17-10-6-8-14-7-4-5-9-16(14)17;/h5-7,10,13-16,18-19H,1-4,8-9,11-12H2;6,8,11-13H,4-5,7,9H2,1-3H3;/q2*-1;. The van der Waals surface area contributed by atoms with E-state index in [2.05, 4.69) is 114 Å². The van der Waals surface area contributed by atoms with Gasteiger partial charge in [0.1, 0.15) is 5.58 Å². The maximum Gasteiger partial charge on any atom is 0.120 e. The van der Waals surface area contributed by atoms with Crippen LogP contribution in [0, 0.1) is 12.1 Å². The third kappa shape index (κ3) is 7.07. The molecule has 0 unspecified atom stereocenters. The first-order chi connectivity index (χ1) is 25.9. The number of furan rings is 1. The molecule has 3 aromatic heterocycles. The van der Waals surface area contributed by atoms with E-state index < -0.39 is 13.3 Å². The van der Waals surface area contributed by atoms with Gasteiger partial charge in [-0.15, -0.1) is 12.1 Å². The molecule has 3 heterocycles. The Morgan fingerprint density at radius 3 is 2.07 bits per heavy atom. The Morgan fingerprint density at radius 2 is 1.31 bits per heavy atom. The molecule has 3 aliphatic rings. The van der Waals surface area contributed by atoms with Crippen LogP contribution in [-0.4, -0.2) is 23.2 Å². The first kappa shape index (κ1) is 37.1. The van der Waals surface area contributed by atoms with Crippen molar-refractivity contribution < 1.29 is 24.5 Å². The van der Waals surface area contributed by atoms with Gasteiger partial charge in [-0.3, -0.25) is 0 Å². The molecule has 0 spiro atoms. The molecular formula is C49H48GeIrN2O-2. The van der Waals surface area contributed by atoms with E-state index in [1.54, 1.807) is 0 Å². The van der Waals surface area contributed by atoms with Gasteiger partial charge in [-0.05, 0) is 85.7 Å². The monoisotopic (exact) mass is 947 g/mol. The molecule has 0 saturated carbocycles. The van der Waals surface area contributed by atoms with E-state index in [9.17, 15) is 0 Å². The zero-order valence-electron chi connectivity index (χ0n) is 31.8. The fourth-order valence-corrected chi connectivity index (χ4v) is 11.2. The molecule has 10 rings (SSSR count). The summed E-state index contributed by atoms with van der Waals surface area (Å²) in [6, 6.07) is 35.5. The normalized spacial score (nSPS) is 15.0. The van der Waals surface area contributed by atoms with Crippen LogP contribution in [0.25, 0.3) is 55.6 Å². The molecule has 0 amide bonds. The molecule has 7 aromatic rings. The summed E-state index contributed by atoms with van der Waals surface area (Å²) in [6.07, 6.45) is 18.7. The summed E-state index contributed by atoms with van der Waals surface area (Å²) in [5, 5.41) is 2.38. The molecular weight excluding hydrogens is 897 g/mol. The van der Waals surface area contributed by atoms with Gasteiger partial charge in [-0.25, -0.2) is 0 Å². The number of hydrogen-bond acceptors (Lipinski definition) is 3. The van der Waals surface area contributed by atoms with Crippen molar-refractivity contribution in [1.29, 1.82) is 0 Å². The average Bonchev–Trinajstić information content (AvgIpc) is 3.60. The summed E-state index contributed by atoms with van der Waals surface area (Å²) in [5.74, 6) is 7.23. The van der Waals surface area contributed by atoms with Crippen LogP contribution >= 0.6 is 0 Å². The number of pyridine rings is 2. The second-order valence-electron chi connectivity index (χ2n) is 16.3. The van der Waals surface area contributed by atoms with Crippen molar-refractivity contribution in [2.75, 3.05) is 0 Å². The molecule has 0 N–H and O–H groups in total. The van der Waals surface area contributed by atoms with Crippen LogP contribution in [0.5, 0.6) is 0 Å². The molecule has 0 atom stereocenters. The van der Waals surface area contributed by atoms with E-state index in [0.717, 1.165) is 47.4 Å². The van der Waals surface area contributed by atoms with Crippen molar-refractivity contribution in [3.05, 3.63) is 137 Å². The summed E-state index contributed by atoms with van der Waals surface area (Å²) >= 11 is -1.75. The summed E-state index contributed by atoms with van der Waals surface area (Å²) in [4.78, 5) is 9.60.